The van der Waals surface area contributed by atoms with Crippen LogP contribution in [-0.4, -0.2) is 60.6 Å². The minimum absolute atomic E-state index is 0.0597. The molecule has 3 fully saturated rings. The summed E-state index contributed by atoms with van der Waals surface area (Å²) in [5.74, 6) is -1.63. The van der Waals surface area contributed by atoms with E-state index in [2.05, 4.69) is 6.92 Å². The van der Waals surface area contributed by atoms with E-state index < -0.39 is 17.3 Å². The van der Waals surface area contributed by atoms with Gasteiger partial charge in [0.05, 0.1) is 17.9 Å². The number of benzene rings is 1. The molecule has 0 bridgehead atoms. The summed E-state index contributed by atoms with van der Waals surface area (Å²) < 4.78 is 5.46. The Morgan fingerprint density at radius 3 is 2.64 bits per heavy atom. The Morgan fingerprint density at radius 2 is 2.00 bits per heavy atom. The molecule has 150 valence electrons. The Kier molecular flexibility index (Phi) is 4.87. The molecule has 3 aliphatic heterocycles. The Morgan fingerprint density at radius 1 is 1.25 bits per heavy atom. The second-order valence-electron chi connectivity index (χ2n) is 8.13. The number of fused-ring (bicyclic) bond motifs is 1. The van der Waals surface area contributed by atoms with Crippen LogP contribution in [0.4, 0.5) is 5.69 Å². The number of carbonyl (C=O) groups is 3. The highest BCUT2D eigenvalue weighted by Gasteiger charge is 2.55. The van der Waals surface area contributed by atoms with Gasteiger partial charge in [-0.3, -0.25) is 14.4 Å². The topological polar surface area (TPSA) is 87.2 Å². The van der Waals surface area contributed by atoms with Gasteiger partial charge in [-0.15, -0.1) is 0 Å². The standard InChI is InChI=1S/C21H26N2O5/c1-2-14-3-5-17(6-4-14)23-10-15(9-18(23)24)19(25)22-11-16-12-28-8-7-21(16,13-22)20(26)27/h3-6,15-16H,2,7-13H2,1H3,(H,26,27)/t15?,16-,21+/m0/s1. The molecule has 3 atom stereocenters. The molecule has 28 heavy (non-hydrogen) atoms. The summed E-state index contributed by atoms with van der Waals surface area (Å²) in [6.07, 6.45) is 1.53. The summed E-state index contributed by atoms with van der Waals surface area (Å²) in [7, 11) is 0. The molecule has 4 rings (SSSR count). The van der Waals surface area contributed by atoms with Crippen molar-refractivity contribution in [3.05, 3.63) is 29.8 Å². The number of amides is 2. The first kappa shape index (κ1) is 18.9. The molecule has 1 unspecified atom stereocenters. The van der Waals surface area contributed by atoms with Gasteiger partial charge in [-0.05, 0) is 30.5 Å². The number of likely N-dealkylation sites (tertiary alicyclic amines) is 1. The lowest BCUT2D eigenvalue weighted by atomic mass is 9.74. The first-order chi connectivity index (χ1) is 13.4. The highest BCUT2D eigenvalue weighted by Crippen LogP contribution is 2.43. The number of hydrogen-bond acceptors (Lipinski definition) is 4. The van der Waals surface area contributed by atoms with Crippen molar-refractivity contribution < 1.29 is 24.2 Å². The number of carbonyl (C=O) groups excluding carboxylic acids is 2. The van der Waals surface area contributed by atoms with Crippen molar-refractivity contribution in [3.8, 4) is 0 Å². The number of hydrogen-bond donors (Lipinski definition) is 1. The molecular formula is C21H26N2O5. The van der Waals surface area contributed by atoms with Crippen LogP contribution in [0.5, 0.6) is 0 Å². The van der Waals surface area contributed by atoms with E-state index in [0.29, 0.717) is 32.7 Å². The van der Waals surface area contributed by atoms with Crippen molar-refractivity contribution in [3.63, 3.8) is 0 Å². The molecule has 7 heteroatoms. The van der Waals surface area contributed by atoms with Crippen LogP contribution in [0.25, 0.3) is 0 Å². The molecule has 0 aliphatic carbocycles. The fraction of sp³-hybridized carbons (Fsp3) is 0.571. The molecule has 0 aromatic heterocycles. The van der Waals surface area contributed by atoms with Crippen LogP contribution in [-0.2, 0) is 25.5 Å². The van der Waals surface area contributed by atoms with E-state index in [0.717, 1.165) is 12.1 Å². The van der Waals surface area contributed by atoms with E-state index >= 15 is 0 Å². The van der Waals surface area contributed by atoms with Gasteiger partial charge >= 0.3 is 5.97 Å². The molecule has 1 aromatic rings. The summed E-state index contributed by atoms with van der Waals surface area (Å²) >= 11 is 0. The Labute approximate surface area is 164 Å². The predicted molar refractivity (Wildman–Crippen MR) is 102 cm³/mol. The second-order valence-corrected chi connectivity index (χ2v) is 8.13. The number of aliphatic carboxylic acids is 1. The van der Waals surface area contributed by atoms with Crippen molar-refractivity contribution in [1.29, 1.82) is 0 Å². The van der Waals surface area contributed by atoms with Crippen molar-refractivity contribution in [1.82, 2.24) is 4.90 Å². The quantitative estimate of drug-likeness (QED) is 0.848. The molecule has 2 amide bonds. The van der Waals surface area contributed by atoms with Gasteiger partial charge in [-0.1, -0.05) is 19.1 Å². The summed E-state index contributed by atoms with van der Waals surface area (Å²) in [5.41, 5.74) is 1.10. The van der Waals surface area contributed by atoms with E-state index in [-0.39, 0.29) is 30.7 Å². The van der Waals surface area contributed by atoms with Crippen LogP contribution in [0.3, 0.4) is 0 Å². The van der Waals surface area contributed by atoms with Gasteiger partial charge in [0.1, 0.15) is 0 Å². The lowest BCUT2D eigenvalue weighted by molar-refractivity contribution is -0.157. The Hall–Kier alpha value is -2.41. The minimum atomic E-state index is -0.911. The molecular weight excluding hydrogens is 360 g/mol. The fourth-order valence-corrected chi connectivity index (χ4v) is 4.76. The number of carboxylic acid groups (broad SMARTS) is 1. The smallest absolute Gasteiger partial charge is 0.311 e. The molecule has 0 spiro atoms. The number of nitrogens with zero attached hydrogens (tertiary/aromatic N) is 2. The van der Waals surface area contributed by atoms with E-state index in [1.54, 1.807) is 9.80 Å². The van der Waals surface area contributed by atoms with E-state index in [9.17, 15) is 19.5 Å². The SMILES string of the molecule is CCc1ccc(N2CC(C(=O)N3C[C@H]4COCC[C@@]4(C(=O)O)C3)CC2=O)cc1. The van der Waals surface area contributed by atoms with Crippen LogP contribution in [0, 0.1) is 17.3 Å². The second kappa shape index (κ2) is 7.20. The van der Waals surface area contributed by atoms with Gasteiger partial charge in [-0.2, -0.15) is 0 Å². The third-order valence-electron chi connectivity index (χ3n) is 6.57. The maximum absolute atomic E-state index is 13.1. The maximum atomic E-state index is 13.1. The number of anilines is 1. The molecule has 1 N–H and O–H groups in total. The molecule has 3 saturated heterocycles. The van der Waals surface area contributed by atoms with Gasteiger partial charge in [0.2, 0.25) is 11.8 Å². The van der Waals surface area contributed by atoms with Crippen molar-refractivity contribution in [2.75, 3.05) is 37.7 Å². The average molecular weight is 386 g/mol. The number of rotatable bonds is 4. The first-order valence-electron chi connectivity index (χ1n) is 9.94. The molecule has 0 radical (unpaired) electrons. The summed E-state index contributed by atoms with van der Waals surface area (Å²) in [6.45, 7) is 3.81. The van der Waals surface area contributed by atoms with Crippen molar-refractivity contribution in [2.45, 2.75) is 26.2 Å². The zero-order chi connectivity index (χ0) is 19.9. The zero-order valence-electron chi connectivity index (χ0n) is 16.1. The third kappa shape index (κ3) is 3.07. The van der Waals surface area contributed by atoms with Crippen molar-refractivity contribution in [2.24, 2.45) is 17.3 Å². The highest BCUT2D eigenvalue weighted by atomic mass is 16.5. The number of aryl methyl sites for hydroxylation is 1. The maximum Gasteiger partial charge on any atom is 0.311 e. The van der Waals surface area contributed by atoms with Gasteiger partial charge in [0.15, 0.2) is 0 Å². The van der Waals surface area contributed by atoms with Crippen LogP contribution in [0.15, 0.2) is 24.3 Å². The van der Waals surface area contributed by atoms with Crippen molar-refractivity contribution >= 4 is 23.5 Å². The van der Waals surface area contributed by atoms with Crippen LogP contribution in [0.1, 0.15) is 25.3 Å². The fourth-order valence-electron chi connectivity index (χ4n) is 4.76. The molecule has 1 aromatic carbocycles. The molecule has 7 nitrogen and oxygen atoms in total. The Bertz CT molecular complexity index is 792. The largest absolute Gasteiger partial charge is 0.481 e. The predicted octanol–water partition coefficient (Wildman–Crippen LogP) is 1.55. The molecule has 3 aliphatic rings. The first-order valence-corrected chi connectivity index (χ1v) is 9.94. The van der Waals surface area contributed by atoms with Gasteiger partial charge in [0.25, 0.3) is 0 Å². The molecule has 3 heterocycles. The van der Waals surface area contributed by atoms with Crippen LogP contribution in [0.2, 0.25) is 0 Å². The minimum Gasteiger partial charge on any atom is -0.481 e. The normalized spacial score (nSPS) is 29.8. The van der Waals surface area contributed by atoms with E-state index in [4.69, 9.17) is 4.74 Å². The monoisotopic (exact) mass is 386 g/mol. The average Bonchev–Trinajstić information content (AvgIpc) is 3.29. The summed E-state index contributed by atoms with van der Waals surface area (Å²) in [6, 6.07) is 7.84. The third-order valence-corrected chi connectivity index (χ3v) is 6.57. The number of carboxylic acids is 1. The lowest BCUT2D eigenvalue weighted by Gasteiger charge is -2.33. The highest BCUT2D eigenvalue weighted by molar-refractivity contribution is 6.00. The van der Waals surface area contributed by atoms with Gasteiger partial charge in [0, 0.05) is 44.3 Å². The van der Waals surface area contributed by atoms with E-state index in [1.807, 2.05) is 24.3 Å². The van der Waals surface area contributed by atoms with Crippen LogP contribution >= 0.6 is 0 Å². The van der Waals surface area contributed by atoms with Gasteiger partial charge in [-0.25, -0.2) is 0 Å². The summed E-state index contributed by atoms with van der Waals surface area (Å²) in [5, 5.41) is 9.78. The van der Waals surface area contributed by atoms with Crippen LogP contribution < -0.4 is 4.90 Å². The summed E-state index contributed by atoms with van der Waals surface area (Å²) in [4.78, 5) is 40.9. The lowest BCUT2D eigenvalue weighted by Crippen LogP contribution is -2.45. The molecule has 0 saturated carbocycles. The Balaban J connectivity index is 1.47. The van der Waals surface area contributed by atoms with E-state index in [1.165, 1.54) is 5.56 Å². The zero-order valence-corrected chi connectivity index (χ0v) is 16.1. The van der Waals surface area contributed by atoms with Gasteiger partial charge < -0.3 is 19.6 Å². The number of ether oxygens (including phenoxy) is 1.